The Balaban J connectivity index is 1.51. The molecule has 0 atom stereocenters. The third kappa shape index (κ3) is 2.48. The van der Waals surface area contributed by atoms with Crippen molar-refractivity contribution in [1.29, 1.82) is 0 Å². The molecule has 1 aliphatic carbocycles. The Kier molecular flexibility index (Phi) is 3.35. The van der Waals surface area contributed by atoms with Crippen LogP contribution in [0, 0.1) is 0 Å². The van der Waals surface area contributed by atoms with E-state index in [2.05, 4.69) is 10.2 Å². The molecule has 134 valence electrons. The van der Waals surface area contributed by atoms with E-state index in [1.54, 1.807) is 12.1 Å². The van der Waals surface area contributed by atoms with Crippen LogP contribution in [-0.4, -0.2) is 29.5 Å². The van der Waals surface area contributed by atoms with Crippen molar-refractivity contribution < 1.29 is 12.8 Å². The Bertz CT molecular complexity index is 1170. The van der Waals surface area contributed by atoms with E-state index < -0.39 is 15.6 Å². The van der Waals surface area contributed by atoms with E-state index in [4.69, 9.17) is 4.42 Å². The second kappa shape index (κ2) is 5.52. The van der Waals surface area contributed by atoms with Crippen molar-refractivity contribution in [2.24, 2.45) is 0 Å². The third-order valence-corrected chi connectivity index (χ3v) is 6.96. The summed E-state index contributed by atoms with van der Waals surface area (Å²) in [6.45, 7) is 0.769. The Hall–Kier alpha value is -2.45. The van der Waals surface area contributed by atoms with Crippen LogP contribution < -0.4 is 5.63 Å². The summed E-state index contributed by atoms with van der Waals surface area (Å²) in [7, 11) is -3.63. The summed E-state index contributed by atoms with van der Waals surface area (Å²) in [6, 6.07) is 7.45. The van der Waals surface area contributed by atoms with Crippen molar-refractivity contribution in [2.75, 3.05) is 6.54 Å². The summed E-state index contributed by atoms with van der Waals surface area (Å²) < 4.78 is 32.9. The number of aromatic nitrogens is 2. The molecule has 7 nitrogen and oxygen atoms in total. The summed E-state index contributed by atoms with van der Waals surface area (Å²) in [5.74, 6) is 0.473. The van der Waals surface area contributed by atoms with Crippen molar-refractivity contribution in [3.8, 4) is 0 Å². The highest BCUT2D eigenvalue weighted by Gasteiger charge is 2.35. The topological polar surface area (TPSA) is 96.3 Å². The number of sulfonamides is 1. The minimum atomic E-state index is -3.63. The average molecular weight is 371 g/mol. The molecule has 0 radical (unpaired) electrons. The van der Waals surface area contributed by atoms with Crippen LogP contribution in [0.25, 0.3) is 11.0 Å². The molecule has 26 heavy (non-hydrogen) atoms. The maximum Gasteiger partial charge on any atom is 0.336 e. The molecule has 0 unspecified atom stereocenters. The van der Waals surface area contributed by atoms with Crippen molar-refractivity contribution in [3.63, 3.8) is 0 Å². The third-order valence-electron chi connectivity index (χ3n) is 5.12. The first-order valence-electron chi connectivity index (χ1n) is 8.62. The first-order chi connectivity index (χ1) is 12.5. The van der Waals surface area contributed by atoms with Crippen LogP contribution in [0.3, 0.4) is 0 Å². The Morgan fingerprint density at radius 2 is 2.04 bits per heavy atom. The number of hydrogen-bond acceptors (Lipinski definition) is 5. The van der Waals surface area contributed by atoms with Gasteiger partial charge in [-0.2, -0.15) is 9.40 Å². The molecular weight excluding hydrogens is 354 g/mol. The van der Waals surface area contributed by atoms with Crippen LogP contribution in [0.15, 0.2) is 44.4 Å². The number of hydrogen-bond donors (Lipinski definition) is 1. The molecule has 1 fully saturated rings. The monoisotopic (exact) mass is 371 g/mol. The maximum absolute atomic E-state index is 13.1. The van der Waals surface area contributed by atoms with Gasteiger partial charge in [-0.05, 0) is 37.1 Å². The standard InChI is InChI=1S/C18H17N3O4S/c22-17-6-3-12-9-13(4-5-16(12)25-17)26(23,24)21-8-7-15-14(10-21)18(20-19-15)11-1-2-11/h3-6,9,11H,1-2,7-8,10H2,(H,19,20). The van der Waals surface area contributed by atoms with E-state index in [1.807, 2.05) is 0 Å². The zero-order valence-corrected chi connectivity index (χ0v) is 14.8. The van der Waals surface area contributed by atoms with Crippen LogP contribution in [-0.2, 0) is 23.0 Å². The summed E-state index contributed by atoms with van der Waals surface area (Å²) in [5.41, 5.74) is 3.04. The molecule has 0 saturated heterocycles. The van der Waals surface area contributed by atoms with Gasteiger partial charge in [-0.15, -0.1) is 0 Å². The van der Waals surface area contributed by atoms with E-state index in [0.717, 1.165) is 29.8 Å². The number of nitrogens with one attached hydrogen (secondary N) is 1. The lowest BCUT2D eigenvalue weighted by atomic mass is 10.1. The van der Waals surface area contributed by atoms with Gasteiger partial charge in [-0.3, -0.25) is 5.10 Å². The highest BCUT2D eigenvalue weighted by atomic mass is 32.2. The fourth-order valence-corrected chi connectivity index (χ4v) is 5.00. The molecule has 1 aliphatic heterocycles. The molecule has 8 heteroatoms. The molecule has 2 aliphatic rings. The van der Waals surface area contributed by atoms with Crippen LogP contribution in [0.2, 0.25) is 0 Å². The van der Waals surface area contributed by atoms with Crippen molar-refractivity contribution in [3.05, 3.63) is 57.7 Å². The number of benzene rings is 1. The largest absolute Gasteiger partial charge is 0.423 e. The fraction of sp³-hybridized carbons (Fsp3) is 0.333. The predicted molar refractivity (Wildman–Crippen MR) is 94.3 cm³/mol. The van der Waals surface area contributed by atoms with Crippen LogP contribution in [0.4, 0.5) is 0 Å². The Morgan fingerprint density at radius 1 is 1.19 bits per heavy atom. The van der Waals surface area contributed by atoms with Crippen molar-refractivity contribution >= 4 is 21.0 Å². The van der Waals surface area contributed by atoms with Crippen LogP contribution >= 0.6 is 0 Å². The number of aromatic amines is 1. The molecule has 3 heterocycles. The SMILES string of the molecule is O=c1ccc2cc(S(=O)(=O)N3CCc4[nH]nc(C5CC5)c4C3)ccc2o1. The minimum Gasteiger partial charge on any atom is -0.423 e. The number of fused-ring (bicyclic) bond motifs is 2. The lowest BCUT2D eigenvalue weighted by Crippen LogP contribution is -2.36. The molecule has 1 saturated carbocycles. The van der Waals surface area contributed by atoms with Gasteiger partial charge < -0.3 is 4.42 Å². The van der Waals surface area contributed by atoms with Crippen LogP contribution in [0.5, 0.6) is 0 Å². The second-order valence-corrected chi connectivity index (χ2v) is 8.82. The van der Waals surface area contributed by atoms with E-state index >= 15 is 0 Å². The van der Waals surface area contributed by atoms with Gasteiger partial charge >= 0.3 is 5.63 Å². The molecule has 2 aromatic heterocycles. The van der Waals surface area contributed by atoms with E-state index in [-0.39, 0.29) is 4.90 Å². The summed E-state index contributed by atoms with van der Waals surface area (Å²) in [5, 5.41) is 8.07. The van der Waals surface area contributed by atoms with Gasteiger partial charge in [0.05, 0.1) is 10.6 Å². The zero-order chi connectivity index (χ0) is 17.9. The molecule has 1 N–H and O–H groups in total. The average Bonchev–Trinajstić information content (AvgIpc) is 3.39. The normalized spacial score (nSPS) is 18.2. The zero-order valence-electron chi connectivity index (χ0n) is 13.9. The summed E-state index contributed by atoms with van der Waals surface area (Å²) >= 11 is 0. The van der Waals surface area contributed by atoms with Gasteiger partial charge in [0.25, 0.3) is 0 Å². The second-order valence-electron chi connectivity index (χ2n) is 6.88. The minimum absolute atomic E-state index is 0.207. The van der Waals surface area contributed by atoms with Crippen molar-refractivity contribution in [1.82, 2.24) is 14.5 Å². The van der Waals surface area contributed by atoms with Gasteiger partial charge in [0, 0.05) is 48.1 Å². The van der Waals surface area contributed by atoms with E-state index in [0.29, 0.717) is 36.4 Å². The highest BCUT2D eigenvalue weighted by molar-refractivity contribution is 7.89. The molecule has 0 amide bonds. The lowest BCUT2D eigenvalue weighted by molar-refractivity contribution is 0.389. The fourth-order valence-electron chi connectivity index (χ4n) is 3.55. The molecule has 0 bridgehead atoms. The summed E-state index contributed by atoms with van der Waals surface area (Å²) in [4.78, 5) is 11.5. The number of H-pyrrole nitrogens is 1. The summed E-state index contributed by atoms with van der Waals surface area (Å²) in [6.07, 6.45) is 2.89. The molecular formula is C18H17N3O4S. The lowest BCUT2D eigenvalue weighted by Gasteiger charge is -2.26. The molecule has 3 aromatic rings. The number of nitrogens with zero attached hydrogens (tertiary/aromatic N) is 2. The van der Waals surface area contributed by atoms with Crippen molar-refractivity contribution in [2.45, 2.75) is 36.6 Å². The van der Waals surface area contributed by atoms with Gasteiger partial charge in [-0.25, -0.2) is 13.2 Å². The molecule has 5 rings (SSSR count). The first-order valence-corrected chi connectivity index (χ1v) is 10.1. The van der Waals surface area contributed by atoms with Crippen LogP contribution in [0.1, 0.15) is 35.7 Å². The predicted octanol–water partition coefficient (Wildman–Crippen LogP) is 2.14. The van der Waals surface area contributed by atoms with Gasteiger partial charge in [0.1, 0.15) is 5.58 Å². The maximum atomic E-state index is 13.1. The van der Waals surface area contributed by atoms with Gasteiger partial charge in [0.2, 0.25) is 10.0 Å². The Morgan fingerprint density at radius 3 is 2.85 bits per heavy atom. The first kappa shape index (κ1) is 15.8. The highest BCUT2D eigenvalue weighted by Crippen LogP contribution is 2.42. The molecule has 0 spiro atoms. The molecule has 1 aromatic carbocycles. The Labute approximate surface area is 149 Å². The quantitative estimate of drug-likeness (QED) is 0.712. The van der Waals surface area contributed by atoms with E-state index in [1.165, 1.54) is 22.5 Å². The van der Waals surface area contributed by atoms with Gasteiger partial charge in [-0.1, -0.05) is 0 Å². The van der Waals surface area contributed by atoms with E-state index in [9.17, 15) is 13.2 Å². The van der Waals surface area contributed by atoms with Gasteiger partial charge in [0.15, 0.2) is 0 Å². The number of rotatable bonds is 3. The smallest absolute Gasteiger partial charge is 0.336 e.